The lowest BCUT2D eigenvalue weighted by molar-refractivity contribution is -0.0502. The molecule has 106 valence electrons. The van der Waals surface area contributed by atoms with Gasteiger partial charge in [-0.05, 0) is 17.8 Å². The molecule has 0 saturated carbocycles. The molecular formula is C14H28N2O2. The van der Waals surface area contributed by atoms with E-state index >= 15 is 0 Å². The van der Waals surface area contributed by atoms with Crippen molar-refractivity contribution < 1.29 is 9.47 Å². The van der Waals surface area contributed by atoms with E-state index in [9.17, 15) is 0 Å². The molecule has 0 radical (unpaired) electrons. The molecular weight excluding hydrogens is 228 g/mol. The Balaban J connectivity index is 1.74. The van der Waals surface area contributed by atoms with Crippen LogP contribution in [0.4, 0.5) is 0 Å². The molecule has 4 heteroatoms. The average molecular weight is 256 g/mol. The van der Waals surface area contributed by atoms with E-state index in [2.05, 4.69) is 38.3 Å². The van der Waals surface area contributed by atoms with Gasteiger partial charge in [0.15, 0.2) is 0 Å². The Morgan fingerprint density at radius 2 is 2.06 bits per heavy atom. The van der Waals surface area contributed by atoms with Crippen molar-refractivity contribution in [1.82, 2.24) is 10.6 Å². The SMILES string of the molecule is CC1CC(OCC2NCCO2)CNC1C(C)(C)C. The fraction of sp³-hybridized carbons (Fsp3) is 1.00. The molecule has 2 aliphatic rings. The molecule has 0 aromatic heterocycles. The number of hydrogen-bond acceptors (Lipinski definition) is 4. The van der Waals surface area contributed by atoms with Crippen LogP contribution in [0, 0.1) is 11.3 Å². The van der Waals surface area contributed by atoms with Gasteiger partial charge >= 0.3 is 0 Å². The Morgan fingerprint density at radius 1 is 1.28 bits per heavy atom. The predicted octanol–water partition coefficient (Wildman–Crippen LogP) is 1.36. The van der Waals surface area contributed by atoms with Crippen molar-refractivity contribution in [1.29, 1.82) is 0 Å². The van der Waals surface area contributed by atoms with Crippen LogP contribution < -0.4 is 10.6 Å². The Kier molecular flexibility index (Phi) is 4.64. The van der Waals surface area contributed by atoms with Gasteiger partial charge in [0.1, 0.15) is 6.23 Å². The molecule has 0 aromatic rings. The number of piperidine rings is 1. The molecule has 0 amide bonds. The van der Waals surface area contributed by atoms with E-state index in [0.29, 0.717) is 30.1 Å². The third-order valence-electron chi connectivity index (χ3n) is 3.98. The molecule has 2 aliphatic heterocycles. The molecule has 2 N–H and O–H groups in total. The van der Waals surface area contributed by atoms with E-state index in [0.717, 1.165) is 26.1 Å². The average Bonchev–Trinajstić information content (AvgIpc) is 2.77. The van der Waals surface area contributed by atoms with Crippen LogP contribution >= 0.6 is 0 Å². The molecule has 4 unspecified atom stereocenters. The maximum Gasteiger partial charge on any atom is 0.131 e. The maximum atomic E-state index is 5.95. The summed E-state index contributed by atoms with van der Waals surface area (Å²) in [5, 5.41) is 6.92. The molecule has 0 bridgehead atoms. The second-order valence-electron chi connectivity index (χ2n) is 6.73. The molecule has 2 saturated heterocycles. The lowest BCUT2D eigenvalue weighted by Crippen LogP contribution is -2.53. The molecule has 0 aliphatic carbocycles. The zero-order valence-electron chi connectivity index (χ0n) is 12.2. The zero-order chi connectivity index (χ0) is 13.2. The van der Waals surface area contributed by atoms with Gasteiger partial charge in [-0.1, -0.05) is 27.7 Å². The van der Waals surface area contributed by atoms with Crippen LogP contribution in [-0.2, 0) is 9.47 Å². The normalized spacial score (nSPS) is 38.0. The van der Waals surface area contributed by atoms with E-state index in [1.807, 2.05) is 0 Å². The molecule has 0 spiro atoms. The predicted molar refractivity (Wildman–Crippen MR) is 72.5 cm³/mol. The number of rotatable bonds is 3. The van der Waals surface area contributed by atoms with Gasteiger partial charge in [-0.15, -0.1) is 0 Å². The standard InChI is InChI=1S/C14H28N2O2/c1-10-7-11(8-16-13(10)14(2,3)4)18-9-12-15-5-6-17-12/h10-13,15-16H,5-9H2,1-4H3. The molecule has 2 fully saturated rings. The quantitative estimate of drug-likeness (QED) is 0.800. The monoisotopic (exact) mass is 256 g/mol. The fourth-order valence-corrected chi connectivity index (χ4v) is 3.19. The summed E-state index contributed by atoms with van der Waals surface area (Å²) >= 11 is 0. The Bertz CT molecular complexity index is 259. The molecule has 4 nitrogen and oxygen atoms in total. The van der Waals surface area contributed by atoms with Crippen LogP contribution in [0.5, 0.6) is 0 Å². The molecule has 18 heavy (non-hydrogen) atoms. The highest BCUT2D eigenvalue weighted by molar-refractivity contribution is 4.91. The highest BCUT2D eigenvalue weighted by Gasteiger charge is 2.35. The summed E-state index contributed by atoms with van der Waals surface area (Å²) in [5.41, 5.74) is 0.320. The third-order valence-corrected chi connectivity index (χ3v) is 3.98. The van der Waals surface area contributed by atoms with Gasteiger partial charge in [-0.25, -0.2) is 0 Å². The van der Waals surface area contributed by atoms with Crippen LogP contribution in [0.25, 0.3) is 0 Å². The van der Waals surface area contributed by atoms with E-state index < -0.39 is 0 Å². The van der Waals surface area contributed by atoms with Crippen molar-refractivity contribution in [3.63, 3.8) is 0 Å². The van der Waals surface area contributed by atoms with Gasteiger partial charge in [-0.3, -0.25) is 5.32 Å². The van der Waals surface area contributed by atoms with E-state index in [-0.39, 0.29) is 6.23 Å². The second-order valence-corrected chi connectivity index (χ2v) is 6.73. The van der Waals surface area contributed by atoms with Crippen molar-refractivity contribution in [2.45, 2.75) is 52.5 Å². The molecule has 2 rings (SSSR count). The Hall–Kier alpha value is -0.160. The van der Waals surface area contributed by atoms with Crippen molar-refractivity contribution in [2.75, 3.05) is 26.3 Å². The van der Waals surface area contributed by atoms with E-state index in [1.54, 1.807) is 0 Å². The highest BCUT2D eigenvalue weighted by Crippen LogP contribution is 2.31. The summed E-state index contributed by atoms with van der Waals surface area (Å²) < 4.78 is 11.4. The first-order valence-corrected chi connectivity index (χ1v) is 7.17. The molecule has 2 heterocycles. The Morgan fingerprint density at radius 3 is 2.61 bits per heavy atom. The topological polar surface area (TPSA) is 42.5 Å². The maximum absolute atomic E-state index is 5.95. The number of nitrogens with one attached hydrogen (secondary N) is 2. The molecule has 4 atom stereocenters. The van der Waals surface area contributed by atoms with Crippen LogP contribution in [0.15, 0.2) is 0 Å². The summed E-state index contributed by atoms with van der Waals surface area (Å²) in [4.78, 5) is 0. The van der Waals surface area contributed by atoms with Crippen molar-refractivity contribution >= 4 is 0 Å². The highest BCUT2D eigenvalue weighted by atomic mass is 16.6. The summed E-state index contributed by atoms with van der Waals surface area (Å²) in [6.45, 7) is 12.6. The van der Waals surface area contributed by atoms with Crippen molar-refractivity contribution in [3.8, 4) is 0 Å². The molecule has 0 aromatic carbocycles. The largest absolute Gasteiger partial charge is 0.373 e. The minimum Gasteiger partial charge on any atom is -0.373 e. The smallest absolute Gasteiger partial charge is 0.131 e. The van der Waals surface area contributed by atoms with Crippen molar-refractivity contribution in [3.05, 3.63) is 0 Å². The second kappa shape index (κ2) is 5.87. The number of ether oxygens (including phenoxy) is 2. The lowest BCUT2D eigenvalue weighted by atomic mass is 9.75. The first kappa shape index (κ1) is 14.3. The zero-order valence-corrected chi connectivity index (χ0v) is 12.2. The summed E-state index contributed by atoms with van der Waals surface area (Å²) in [7, 11) is 0. The summed E-state index contributed by atoms with van der Waals surface area (Å²) in [5.74, 6) is 0.654. The van der Waals surface area contributed by atoms with Crippen LogP contribution in [0.1, 0.15) is 34.1 Å². The van der Waals surface area contributed by atoms with Gasteiger partial charge in [0, 0.05) is 19.1 Å². The van der Waals surface area contributed by atoms with Gasteiger partial charge in [-0.2, -0.15) is 0 Å². The minimum absolute atomic E-state index is 0.0978. The van der Waals surface area contributed by atoms with Crippen LogP contribution in [0.3, 0.4) is 0 Å². The third kappa shape index (κ3) is 3.67. The van der Waals surface area contributed by atoms with E-state index in [1.165, 1.54) is 0 Å². The van der Waals surface area contributed by atoms with Gasteiger partial charge in [0.25, 0.3) is 0 Å². The first-order chi connectivity index (χ1) is 8.47. The lowest BCUT2D eigenvalue weighted by Gasteiger charge is -2.42. The van der Waals surface area contributed by atoms with Gasteiger partial charge in [0.05, 0.1) is 19.3 Å². The minimum atomic E-state index is 0.0978. The van der Waals surface area contributed by atoms with Gasteiger partial charge < -0.3 is 14.8 Å². The first-order valence-electron chi connectivity index (χ1n) is 7.17. The summed E-state index contributed by atoms with van der Waals surface area (Å²) in [6, 6.07) is 0.582. The van der Waals surface area contributed by atoms with Crippen molar-refractivity contribution in [2.24, 2.45) is 11.3 Å². The van der Waals surface area contributed by atoms with Crippen LogP contribution in [0.2, 0.25) is 0 Å². The van der Waals surface area contributed by atoms with Gasteiger partial charge in [0.2, 0.25) is 0 Å². The number of hydrogen-bond donors (Lipinski definition) is 2. The fourth-order valence-electron chi connectivity index (χ4n) is 3.19. The van der Waals surface area contributed by atoms with E-state index in [4.69, 9.17) is 9.47 Å². The summed E-state index contributed by atoms with van der Waals surface area (Å²) in [6.07, 6.45) is 1.56. The Labute approximate surface area is 111 Å². The van der Waals surface area contributed by atoms with Crippen LogP contribution in [-0.4, -0.2) is 44.7 Å².